The molecule has 0 saturated carbocycles. The molecule has 0 aromatic rings. The van der Waals surface area contributed by atoms with Crippen molar-refractivity contribution < 1.29 is 28.4 Å². The van der Waals surface area contributed by atoms with Gasteiger partial charge in [0.15, 0.2) is 0 Å². The first-order valence-corrected chi connectivity index (χ1v) is 11.6. The molecular weight excluding hydrogens is 468 g/mol. The number of nitrogens with zero attached hydrogens (tertiary/aromatic N) is 6. The van der Waals surface area contributed by atoms with E-state index >= 15 is 0 Å². The molecular formula is C24H32N6O6. The summed E-state index contributed by atoms with van der Waals surface area (Å²) in [7, 11) is 0. The van der Waals surface area contributed by atoms with Gasteiger partial charge in [0.05, 0.1) is 115 Å². The smallest absolute Gasteiger partial charge is 0.282 e. The maximum atomic E-state index is 8.86. The van der Waals surface area contributed by atoms with Crippen LogP contribution in [0.1, 0.15) is 64.2 Å². The SMILES string of the molecule is N#CCCOC(CCCCC(OCCC#N)(OCCC#N)OCCC#N)(OCCC#N)OCCC#N. The minimum absolute atomic E-state index is 0.0331. The van der Waals surface area contributed by atoms with E-state index in [1.165, 1.54) is 0 Å². The highest BCUT2D eigenvalue weighted by Gasteiger charge is 2.36. The summed E-state index contributed by atoms with van der Waals surface area (Å²) in [6, 6.07) is 11.9. The molecule has 36 heavy (non-hydrogen) atoms. The van der Waals surface area contributed by atoms with Crippen LogP contribution in [0.3, 0.4) is 0 Å². The average Bonchev–Trinajstić information content (AvgIpc) is 2.87. The molecule has 0 N–H and O–H groups in total. The van der Waals surface area contributed by atoms with Crippen LogP contribution < -0.4 is 0 Å². The average molecular weight is 501 g/mol. The molecule has 0 rings (SSSR count). The fourth-order valence-corrected chi connectivity index (χ4v) is 2.88. The van der Waals surface area contributed by atoms with E-state index in [9.17, 15) is 0 Å². The van der Waals surface area contributed by atoms with Crippen LogP contribution in [0.5, 0.6) is 0 Å². The number of unbranched alkanes of at least 4 members (excludes halogenated alkanes) is 1. The third-order valence-corrected chi connectivity index (χ3v) is 4.43. The van der Waals surface area contributed by atoms with Crippen molar-refractivity contribution in [2.45, 2.75) is 76.2 Å². The lowest BCUT2D eigenvalue weighted by Gasteiger charge is -2.35. The second kappa shape index (κ2) is 22.2. The zero-order valence-corrected chi connectivity index (χ0v) is 20.4. The van der Waals surface area contributed by atoms with Crippen LogP contribution in [-0.2, 0) is 28.4 Å². The highest BCUT2D eigenvalue weighted by Crippen LogP contribution is 2.29. The second-order valence-electron chi connectivity index (χ2n) is 7.11. The lowest BCUT2D eigenvalue weighted by atomic mass is 10.1. The number of ether oxygens (including phenoxy) is 6. The summed E-state index contributed by atoms with van der Waals surface area (Å²) in [5, 5.41) is 53.2. The molecule has 0 unspecified atom stereocenters. The Balaban J connectivity index is 5.43. The van der Waals surface area contributed by atoms with E-state index in [4.69, 9.17) is 60.0 Å². The number of hydrogen-bond acceptors (Lipinski definition) is 12. The summed E-state index contributed by atoms with van der Waals surface area (Å²) in [6.07, 6.45) is 1.89. The predicted molar refractivity (Wildman–Crippen MR) is 121 cm³/mol. The zero-order valence-electron chi connectivity index (χ0n) is 20.4. The molecule has 0 aliphatic rings. The van der Waals surface area contributed by atoms with E-state index in [1.54, 1.807) is 0 Å². The van der Waals surface area contributed by atoms with E-state index in [0.29, 0.717) is 12.8 Å². The quantitative estimate of drug-likeness (QED) is 0.146. The first-order valence-electron chi connectivity index (χ1n) is 11.6. The molecule has 0 amide bonds. The van der Waals surface area contributed by atoms with Gasteiger partial charge in [0.2, 0.25) is 0 Å². The van der Waals surface area contributed by atoms with Gasteiger partial charge in [0, 0.05) is 12.8 Å². The van der Waals surface area contributed by atoms with Crippen LogP contribution in [0.15, 0.2) is 0 Å². The van der Waals surface area contributed by atoms with Gasteiger partial charge in [-0.15, -0.1) is 0 Å². The Hall–Kier alpha value is -3.30. The molecule has 0 heterocycles. The molecule has 0 saturated heterocycles. The summed E-state index contributed by atoms with van der Waals surface area (Å²) in [5.74, 6) is -3.09. The Labute approximate surface area is 212 Å². The third-order valence-electron chi connectivity index (χ3n) is 4.43. The summed E-state index contributed by atoms with van der Waals surface area (Å²) in [5.41, 5.74) is 0. The summed E-state index contributed by atoms with van der Waals surface area (Å²) in [6.45, 7) is 0.199. The Kier molecular flexibility index (Phi) is 20.1. The fraction of sp³-hybridized carbons (Fsp3) is 0.750. The molecule has 0 aromatic carbocycles. The normalized spacial score (nSPS) is 10.8. The highest BCUT2D eigenvalue weighted by molar-refractivity contribution is 4.75. The van der Waals surface area contributed by atoms with Gasteiger partial charge in [0.25, 0.3) is 11.9 Å². The first kappa shape index (κ1) is 32.7. The molecule has 194 valence electrons. The molecule has 0 aromatic heterocycles. The lowest BCUT2D eigenvalue weighted by Crippen LogP contribution is -2.42. The van der Waals surface area contributed by atoms with E-state index in [1.807, 2.05) is 36.4 Å². The fourth-order valence-electron chi connectivity index (χ4n) is 2.88. The van der Waals surface area contributed by atoms with Crippen LogP contribution in [0, 0.1) is 68.0 Å². The predicted octanol–water partition coefficient (Wildman–Crippen LogP) is 3.44. The van der Waals surface area contributed by atoms with Crippen molar-refractivity contribution in [1.82, 2.24) is 0 Å². The Bertz CT molecular complexity index is 671. The van der Waals surface area contributed by atoms with Crippen molar-refractivity contribution in [3.8, 4) is 36.4 Å². The van der Waals surface area contributed by atoms with Crippen LogP contribution in [0.2, 0.25) is 0 Å². The van der Waals surface area contributed by atoms with Gasteiger partial charge in [-0.1, -0.05) is 0 Å². The van der Waals surface area contributed by atoms with Gasteiger partial charge in [-0.05, 0) is 12.8 Å². The van der Waals surface area contributed by atoms with Gasteiger partial charge in [-0.3, -0.25) is 0 Å². The summed E-state index contributed by atoms with van der Waals surface area (Å²) < 4.78 is 34.5. The van der Waals surface area contributed by atoms with Gasteiger partial charge >= 0.3 is 0 Å². The molecule has 12 nitrogen and oxygen atoms in total. The zero-order chi connectivity index (χ0) is 26.8. The van der Waals surface area contributed by atoms with Crippen molar-refractivity contribution in [1.29, 1.82) is 31.6 Å². The van der Waals surface area contributed by atoms with Crippen molar-refractivity contribution in [2.24, 2.45) is 0 Å². The maximum absolute atomic E-state index is 8.86. The van der Waals surface area contributed by atoms with Crippen molar-refractivity contribution in [2.75, 3.05) is 39.6 Å². The topological polar surface area (TPSA) is 198 Å². The summed E-state index contributed by atoms with van der Waals surface area (Å²) in [4.78, 5) is 0. The molecule has 0 aliphatic carbocycles. The van der Waals surface area contributed by atoms with Gasteiger partial charge in [-0.25, -0.2) is 0 Å². The monoisotopic (exact) mass is 500 g/mol. The highest BCUT2D eigenvalue weighted by atomic mass is 16.9. The Morgan fingerprint density at radius 1 is 0.361 bits per heavy atom. The number of rotatable bonds is 23. The first-order chi connectivity index (χ1) is 17.6. The molecule has 12 heteroatoms. The van der Waals surface area contributed by atoms with Crippen molar-refractivity contribution >= 4 is 0 Å². The van der Waals surface area contributed by atoms with Crippen molar-refractivity contribution in [3.63, 3.8) is 0 Å². The van der Waals surface area contributed by atoms with Crippen molar-refractivity contribution in [3.05, 3.63) is 0 Å². The van der Waals surface area contributed by atoms with E-state index in [2.05, 4.69) is 0 Å². The molecule has 0 spiro atoms. The molecule has 0 atom stereocenters. The van der Waals surface area contributed by atoms with E-state index in [0.717, 1.165) is 0 Å². The molecule has 0 radical (unpaired) electrons. The van der Waals surface area contributed by atoms with E-state index in [-0.39, 0.29) is 91.0 Å². The second-order valence-corrected chi connectivity index (χ2v) is 7.11. The van der Waals surface area contributed by atoms with Crippen LogP contribution in [-0.4, -0.2) is 51.6 Å². The molecule has 0 aliphatic heterocycles. The van der Waals surface area contributed by atoms with Gasteiger partial charge in [0.1, 0.15) is 0 Å². The summed E-state index contributed by atoms with van der Waals surface area (Å²) >= 11 is 0. The standard InChI is InChI=1S/C24H32N6O6/c25-11-3-17-31-23(32-18-4-12-26,33-19-5-13-27)9-1-2-10-24(34-20-6-14-28,35-21-7-15-29)36-22-8-16-30/h1-10,17-22H2. The van der Waals surface area contributed by atoms with Crippen LogP contribution in [0.25, 0.3) is 0 Å². The minimum atomic E-state index is -1.54. The molecule has 0 bridgehead atoms. The van der Waals surface area contributed by atoms with Crippen LogP contribution in [0.4, 0.5) is 0 Å². The number of hydrogen-bond donors (Lipinski definition) is 0. The third kappa shape index (κ3) is 15.6. The largest absolute Gasteiger partial charge is 0.326 e. The van der Waals surface area contributed by atoms with Gasteiger partial charge < -0.3 is 28.4 Å². The molecule has 0 fully saturated rings. The van der Waals surface area contributed by atoms with Crippen LogP contribution >= 0.6 is 0 Å². The van der Waals surface area contributed by atoms with Gasteiger partial charge in [-0.2, -0.15) is 31.6 Å². The lowest BCUT2D eigenvalue weighted by molar-refractivity contribution is -0.388. The van der Waals surface area contributed by atoms with E-state index < -0.39 is 11.9 Å². The number of nitriles is 6. The Morgan fingerprint density at radius 3 is 0.722 bits per heavy atom. The minimum Gasteiger partial charge on any atom is -0.326 e. The maximum Gasteiger partial charge on any atom is 0.282 e. The Morgan fingerprint density at radius 2 is 0.556 bits per heavy atom.